The minimum absolute atomic E-state index is 0.127. The molecule has 0 atom stereocenters. The van der Waals surface area contributed by atoms with Gasteiger partial charge in [-0.05, 0) is 18.1 Å². The first-order valence-corrected chi connectivity index (χ1v) is 7.01. The van der Waals surface area contributed by atoms with E-state index in [1.54, 1.807) is 18.3 Å². The van der Waals surface area contributed by atoms with Gasteiger partial charge in [0.2, 0.25) is 5.78 Å². The molecular formula is C15H13N5O2. The number of nitro groups is 1. The fourth-order valence-corrected chi connectivity index (χ4v) is 2.86. The number of imidazole rings is 1. The summed E-state index contributed by atoms with van der Waals surface area (Å²) in [6.45, 7) is 1.47. The lowest BCUT2D eigenvalue weighted by atomic mass is 10.1. The van der Waals surface area contributed by atoms with Crippen molar-refractivity contribution in [2.24, 2.45) is 0 Å². The van der Waals surface area contributed by atoms with Crippen LogP contribution in [0.3, 0.4) is 0 Å². The molecule has 7 heteroatoms. The topological polar surface area (TPSA) is 76.6 Å². The average Bonchev–Trinajstić information content (AvgIpc) is 3.10. The molecule has 0 fully saturated rings. The normalized spacial score (nSPS) is 13.5. The first-order chi connectivity index (χ1) is 10.7. The maximum absolute atomic E-state index is 10.9. The van der Waals surface area contributed by atoms with Gasteiger partial charge in [-0.3, -0.25) is 14.5 Å². The summed E-state index contributed by atoms with van der Waals surface area (Å²) < 4.78 is 1.87. The summed E-state index contributed by atoms with van der Waals surface area (Å²) in [5.74, 6) is 0.663. The van der Waals surface area contributed by atoms with Crippen molar-refractivity contribution in [2.45, 2.75) is 13.0 Å². The van der Waals surface area contributed by atoms with Gasteiger partial charge < -0.3 is 4.90 Å². The molecule has 3 heterocycles. The van der Waals surface area contributed by atoms with E-state index < -0.39 is 0 Å². The third-order valence-corrected chi connectivity index (χ3v) is 3.91. The minimum atomic E-state index is -0.356. The number of hydrogen-bond donors (Lipinski definition) is 0. The standard InChI is InChI=1S/C15H13N5O2/c21-20(22)13-3-2-11-4-7-18(14(11)8-13)9-12-10-19-6-1-5-16-15(19)17-12/h1-3,5-6,8,10H,4,7,9H2. The van der Waals surface area contributed by atoms with Crippen LogP contribution in [-0.4, -0.2) is 25.8 Å². The van der Waals surface area contributed by atoms with Crippen LogP contribution in [-0.2, 0) is 13.0 Å². The van der Waals surface area contributed by atoms with E-state index in [-0.39, 0.29) is 10.6 Å². The lowest BCUT2D eigenvalue weighted by Crippen LogP contribution is -2.19. The molecule has 2 aromatic heterocycles. The van der Waals surface area contributed by atoms with Gasteiger partial charge in [0, 0.05) is 43.0 Å². The molecule has 1 aliphatic heterocycles. The van der Waals surface area contributed by atoms with Crippen LogP contribution in [0.25, 0.3) is 5.78 Å². The molecule has 3 aromatic rings. The Morgan fingerprint density at radius 2 is 2.27 bits per heavy atom. The number of nitro benzene ring substituents is 1. The molecular weight excluding hydrogens is 282 g/mol. The summed E-state index contributed by atoms with van der Waals surface area (Å²) in [6.07, 6.45) is 6.46. The fraction of sp³-hybridized carbons (Fsp3) is 0.200. The molecule has 7 nitrogen and oxygen atoms in total. The van der Waals surface area contributed by atoms with Crippen LogP contribution in [0.15, 0.2) is 42.9 Å². The number of hydrogen-bond acceptors (Lipinski definition) is 5. The SMILES string of the molecule is O=[N+]([O-])c1ccc2c(c1)N(Cc1cn3cccnc3n1)CC2. The van der Waals surface area contributed by atoms with E-state index in [4.69, 9.17) is 0 Å². The smallest absolute Gasteiger partial charge is 0.271 e. The number of benzene rings is 1. The highest BCUT2D eigenvalue weighted by Crippen LogP contribution is 2.32. The van der Waals surface area contributed by atoms with Crippen LogP contribution >= 0.6 is 0 Å². The second-order valence-electron chi connectivity index (χ2n) is 5.30. The zero-order valence-electron chi connectivity index (χ0n) is 11.7. The third kappa shape index (κ3) is 2.07. The van der Waals surface area contributed by atoms with Crippen molar-refractivity contribution in [3.63, 3.8) is 0 Å². The largest absolute Gasteiger partial charge is 0.365 e. The van der Waals surface area contributed by atoms with E-state index in [2.05, 4.69) is 14.9 Å². The molecule has 4 rings (SSSR count). The number of fused-ring (bicyclic) bond motifs is 2. The van der Waals surface area contributed by atoms with Crippen LogP contribution in [0.4, 0.5) is 11.4 Å². The second-order valence-corrected chi connectivity index (χ2v) is 5.30. The second kappa shape index (κ2) is 4.80. The summed E-state index contributed by atoms with van der Waals surface area (Å²) in [5.41, 5.74) is 3.10. The lowest BCUT2D eigenvalue weighted by molar-refractivity contribution is -0.384. The van der Waals surface area contributed by atoms with Crippen LogP contribution < -0.4 is 4.90 Å². The summed E-state index contributed by atoms with van der Waals surface area (Å²) in [7, 11) is 0. The third-order valence-electron chi connectivity index (χ3n) is 3.91. The Bertz CT molecular complexity index is 840. The van der Waals surface area contributed by atoms with E-state index in [9.17, 15) is 10.1 Å². The van der Waals surface area contributed by atoms with Gasteiger partial charge in [-0.2, -0.15) is 0 Å². The molecule has 0 saturated carbocycles. The molecule has 0 aliphatic carbocycles. The fourth-order valence-electron chi connectivity index (χ4n) is 2.86. The molecule has 0 N–H and O–H groups in total. The predicted octanol–water partition coefficient (Wildman–Crippen LogP) is 2.20. The van der Waals surface area contributed by atoms with E-state index in [0.717, 1.165) is 29.9 Å². The van der Waals surface area contributed by atoms with Gasteiger partial charge in [-0.1, -0.05) is 6.07 Å². The Morgan fingerprint density at radius 1 is 1.36 bits per heavy atom. The molecule has 0 radical (unpaired) electrons. The summed E-state index contributed by atoms with van der Waals surface area (Å²) in [6, 6.07) is 6.92. The minimum Gasteiger partial charge on any atom is -0.365 e. The molecule has 0 spiro atoms. The predicted molar refractivity (Wildman–Crippen MR) is 80.8 cm³/mol. The quantitative estimate of drug-likeness (QED) is 0.547. The summed E-state index contributed by atoms with van der Waals surface area (Å²) in [4.78, 5) is 21.4. The Balaban J connectivity index is 1.65. The molecule has 110 valence electrons. The highest BCUT2D eigenvalue weighted by atomic mass is 16.6. The van der Waals surface area contributed by atoms with E-state index in [0.29, 0.717) is 12.3 Å². The Morgan fingerprint density at radius 3 is 3.09 bits per heavy atom. The zero-order valence-corrected chi connectivity index (χ0v) is 11.7. The Hall–Kier alpha value is -2.96. The monoisotopic (exact) mass is 295 g/mol. The van der Waals surface area contributed by atoms with Crippen LogP contribution in [0.1, 0.15) is 11.3 Å². The molecule has 0 saturated heterocycles. The van der Waals surface area contributed by atoms with Gasteiger partial charge in [0.25, 0.3) is 5.69 Å². The summed E-state index contributed by atoms with van der Waals surface area (Å²) in [5, 5.41) is 10.9. The first-order valence-electron chi connectivity index (χ1n) is 7.01. The molecule has 1 aromatic carbocycles. The molecule has 0 unspecified atom stereocenters. The van der Waals surface area contributed by atoms with Crippen LogP contribution in [0.5, 0.6) is 0 Å². The molecule has 0 amide bonds. The van der Waals surface area contributed by atoms with Gasteiger partial charge in [-0.25, -0.2) is 9.97 Å². The average molecular weight is 295 g/mol. The highest BCUT2D eigenvalue weighted by molar-refractivity contribution is 5.62. The number of non-ortho nitro benzene ring substituents is 1. The maximum Gasteiger partial charge on any atom is 0.271 e. The summed E-state index contributed by atoms with van der Waals surface area (Å²) >= 11 is 0. The van der Waals surface area contributed by atoms with Crippen LogP contribution in [0, 0.1) is 10.1 Å². The van der Waals surface area contributed by atoms with Gasteiger partial charge in [0.15, 0.2) is 0 Å². The van der Waals surface area contributed by atoms with Crippen molar-refractivity contribution < 1.29 is 4.92 Å². The van der Waals surface area contributed by atoms with Gasteiger partial charge in [0.1, 0.15) is 0 Å². The van der Waals surface area contributed by atoms with Crippen molar-refractivity contribution in [3.8, 4) is 0 Å². The van der Waals surface area contributed by atoms with Gasteiger partial charge in [-0.15, -0.1) is 0 Å². The molecule has 1 aliphatic rings. The number of nitrogens with zero attached hydrogens (tertiary/aromatic N) is 5. The van der Waals surface area contributed by atoms with Crippen molar-refractivity contribution in [1.29, 1.82) is 0 Å². The zero-order chi connectivity index (χ0) is 15.1. The van der Waals surface area contributed by atoms with Crippen molar-refractivity contribution in [2.75, 3.05) is 11.4 Å². The first kappa shape index (κ1) is 12.8. The van der Waals surface area contributed by atoms with E-state index >= 15 is 0 Å². The van der Waals surface area contributed by atoms with Gasteiger partial charge >= 0.3 is 0 Å². The number of rotatable bonds is 3. The van der Waals surface area contributed by atoms with Crippen LogP contribution in [0.2, 0.25) is 0 Å². The Kier molecular flexibility index (Phi) is 2.78. The molecule has 0 bridgehead atoms. The highest BCUT2D eigenvalue weighted by Gasteiger charge is 2.22. The lowest BCUT2D eigenvalue weighted by Gasteiger charge is -2.17. The maximum atomic E-state index is 10.9. The van der Waals surface area contributed by atoms with Crippen molar-refractivity contribution >= 4 is 17.2 Å². The van der Waals surface area contributed by atoms with Crippen molar-refractivity contribution in [3.05, 3.63) is 64.2 Å². The van der Waals surface area contributed by atoms with Crippen molar-refractivity contribution in [1.82, 2.24) is 14.4 Å². The van der Waals surface area contributed by atoms with Gasteiger partial charge in [0.05, 0.1) is 17.2 Å². The van der Waals surface area contributed by atoms with E-state index in [1.165, 1.54) is 0 Å². The number of aromatic nitrogens is 3. The number of anilines is 1. The molecule has 22 heavy (non-hydrogen) atoms. The van der Waals surface area contributed by atoms with E-state index in [1.807, 2.05) is 28.9 Å². The Labute approximate surface area is 126 Å².